The van der Waals surface area contributed by atoms with Gasteiger partial charge in [0.2, 0.25) is 0 Å². The van der Waals surface area contributed by atoms with Gasteiger partial charge < -0.3 is 15.4 Å². The molecule has 0 radical (unpaired) electrons. The van der Waals surface area contributed by atoms with Crippen molar-refractivity contribution in [2.45, 2.75) is 57.4 Å². The first-order valence-corrected chi connectivity index (χ1v) is 13.0. The smallest absolute Gasteiger partial charge is 0.313 e. The molecule has 0 bridgehead atoms. The summed E-state index contributed by atoms with van der Waals surface area (Å²) in [7, 11) is 0. The molecule has 2 aromatic carbocycles. The van der Waals surface area contributed by atoms with Crippen molar-refractivity contribution in [3.63, 3.8) is 0 Å². The van der Waals surface area contributed by atoms with Crippen LogP contribution in [0.1, 0.15) is 60.3 Å². The van der Waals surface area contributed by atoms with Crippen LogP contribution in [-0.4, -0.2) is 35.4 Å². The standard InChI is InChI=1S/C27H29N3O4S/c31-23(28-20-8-6-7-18(15-20)25(32)29-19-11-12-19)17-34-26(33)27(13-4-1-5-14-27)16-24-30-21-9-2-3-10-22(21)35-24/h2-3,6-10,15,19H,1,4-5,11-14,16-17H2,(H,28,31)(H,29,32). The zero-order valence-electron chi connectivity index (χ0n) is 19.5. The van der Waals surface area contributed by atoms with Gasteiger partial charge in [0.1, 0.15) is 0 Å². The summed E-state index contributed by atoms with van der Waals surface area (Å²) in [5.74, 6) is -0.905. The number of aromatic nitrogens is 1. The molecule has 0 spiro atoms. The molecule has 0 atom stereocenters. The van der Waals surface area contributed by atoms with Crippen molar-refractivity contribution in [1.82, 2.24) is 10.3 Å². The number of hydrogen-bond donors (Lipinski definition) is 2. The predicted molar refractivity (Wildman–Crippen MR) is 135 cm³/mol. The van der Waals surface area contributed by atoms with Crippen molar-refractivity contribution in [1.29, 1.82) is 0 Å². The maximum atomic E-state index is 13.3. The Hall–Kier alpha value is -3.26. The molecule has 0 aliphatic heterocycles. The number of nitrogens with one attached hydrogen (secondary N) is 2. The Balaban J connectivity index is 1.21. The van der Waals surface area contributed by atoms with Crippen LogP contribution < -0.4 is 10.6 Å². The first kappa shape index (κ1) is 23.5. The second kappa shape index (κ2) is 10.2. The van der Waals surface area contributed by atoms with Crippen LogP contribution in [0.4, 0.5) is 5.69 Å². The van der Waals surface area contributed by atoms with Crippen molar-refractivity contribution >= 4 is 45.0 Å². The summed E-state index contributed by atoms with van der Waals surface area (Å²) in [5, 5.41) is 6.60. The highest BCUT2D eigenvalue weighted by atomic mass is 32.1. The Morgan fingerprint density at radius 2 is 1.83 bits per heavy atom. The zero-order valence-corrected chi connectivity index (χ0v) is 20.4. The molecule has 182 valence electrons. The Morgan fingerprint density at radius 1 is 1.03 bits per heavy atom. The van der Waals surface area contributed by atoms with E-state index in [1.54, 1.807) is 35.6 Å². The summed E-state index contributed by atoms with van der Waals surface area (Å²) in [6.07, 6.45) is 7.04. The van der Waals surface area contributed by atoms with Crippen LogP contribution in [0.2, 0.25) is 0 Å². The molecule has 35 heavy (non-hydrogen) atoms. The molecule has 2 N–H and O–H groups in total. The molecule has 1 aromatic heterocycles. The molecular formula is C27H29N3O4S. The molecule has 7 nitrogen and oxygen atoms in total. The van der Waals surface area contributed by atoms with Crippen molar-refractivity contribution < 1.29 is 19.1 Å². The Bertz CT molecular complexity index is 1210. The third kappa shape index (κ3) is 5.70. The quantitative estimate of drug-likeness (QED) is 0.439. The van der Waals surface area contributed by atoms with Gasteiger partial charge in [-0.3, -0.25) is 14.4 Å². The topological polar surface area (TPSA) is 97.4 Å². The zero-order chi connectivity index (χ0) is 24.3. The maximum Gasteiger partial charge on any atom is 0.313 e. The van der Waals surface area contributed by atoms with Gasteiger partial charge >= 0.3 is 5.97 Å². The summed E-state index contributed by atoms with van der Waals surface area (Å²) in [6.45, 7) is -0.362. The fourth-order valence-electron chi connectivity index (χ4n) is 4.68. The second-order valence-corrected chi connectivity index (χ2v) is 10.7. The van der Waals surface area contributed by atoms with E-state index in [9.17, 15) is 14.4 Å². The lowest BCUT2D eigenvalue weighted by molar-refractivity contribution is -0.160. The van der Waals surface area contributed by atoms with Gasteiger partial charge in [0.15, 0.2) is 6.61 Å². The number of para-hydroxylation sites is 1. The number of anilines is 1. The van der Waals surface area contributed by atoms with Crippen LogP contribution >= 0.6 is 11.3 Å². The summed E-state index contributed by atoms with van der Waals surface area (Å²) < 4.78 is 6.66. The van der Waals surface area contributed by atoms with E-state index in [1.807, 2.05) is 24.3 Å². The van der Waals surface area contributed by atoms with Crippen LogP contribution in [-0.2, 0) is 20.7 Å². The van der Waals surface area contributed by atoms with Gasteiger partial charge in [-0.15, -0.1) is 11.3 Å². The van der Waals surface area contributed by atoms with E-state index in [0.717, 1.165) is 60.2 Å². The minimum atomic E-state index is -0.646. The Morgan fingerprint density at radius 3 is 2.60 bits per heavy atom. The van der Waals surface area contributed by atoms with Gasteiger partial charge in [-0.1, -0.05) is 37.5 Å². The van der Waals surface area contributed by atoms with Crippen LogP contribution in [0.15, 0.2) is 48.5 Å². The van der Waals surface area contributed by atoms with Crippen LogP contribution in [0.5, 0.6) is 0 Å². The number of hydrogen-bond acceptors (Lipinski definition) is 6. The molecule has 3 aromatic rings. The lowest BCUT2D eigenvalue weighted by Gasteiger charge is -2.34. The van der Waals surface area contributed by atoms with Crippen molar-refractivity contribution in [3.8, 4) is 0 Å². The fourth-order valence-corrected chi connectivity index (χ4v) is 5.79. The van der Waals surface area contributed by atoms with Gasteiger partial charge in [-0.2, -0.15) is 0 Å². The van der Waals surface area contributed by atoms with Crippen molar-refractivity contribution in [2.24, 2.45) is 5.41 Å². The highest BCUT2D eigenvalue weighted by Gasteiger charge is 2.42. The van der Waals surface area contributed by atoms with Crippen molar-refractivity contribution in [2.75, 3.05) is 11.9 Å². The average molecular weight is 492 g/mol. The molecule has 0 saturated heterocycles. The van der Waals surface area contributed by atoms with E-state index in [-0.39, 0.29) is 24.5 Å². The Kier molecular flexibility index (Phi) is 6.81. The largest absolute Gasteiger partial charge is 0.455 e. The molecule has 8 heteroatoms. The number of rotatable bonds is 8. The minimum Gasteiger partial charge on any atom is -0.455 e. The number of nitrogens with zero attached hydrogens (tertiary/aromatic N) is 1. The molecule has 2 fully saturated rings. The fraction of sp³-hybridized carbons (Fsp3) is 0.407. The molecule has 1 heterocycles. The van der Waals surface area contributed by atoms with Crippen LogP contribution in [0.25, 0.3) is 10.2 Å². The number of benzene rings is 2. The molecule has 5 rings (SSSR count). The highest BCUT2D eigenvalue weighted by molar-refractivity contribution is 7.18. The summed E-state index contributed by atoms with van der Waals surface area (Å²) >= 11 is 1.61. The minimum absolute atomic E-state index is 0.149. The summed E-state index contributed by atoms with van der Waals surface area (Å²) in [6, 6.07) is 15.0. The van der Waals surface area contributed by atoms with E-state index >= 15 is 0 Å². The molecular weight excluding hydrogens is 462 g/mol. The molecule has 2 amide bonds. The van der Waals surface area contributed by atoms with Crippen LogP contribution in [0, 0.1) is 5.41 Å². The highest BCUT2D eigenvalue weighted by Crippen LogP contribution is 2.41. The maximum absolute atomic E-state index is 13.3. The second-order valence-electron chi connectivity index (χ2n) is 9.55. The van der Waals surface area contributed by atoms with E-state index < -0.39 is 11.3 Å². The average Bonchev–Trinajstić information content (AvgIpc) is 3.59. The van der Waals surface area contributed by atoms with Crippen molar-refractivity contribution in [3.05, 3.63) is 59.1 Å². The monoisotopic (exact) mass is 491 g/mol. The number of ether oxygens (including phenoxy) is 1. The van der Waals surface area contributed by atoms with E-state index in [0.29, 0.717) is 17.7 Å². The number of carbonyl (C=O) groups is 3. The molecule has 2 saturated carbocycles. The van der Waals surface area contributed by atoms with E-state index in [2.05, 4.69) is 10.6 Å². The number of thiazole rings is 1. The summed E-state index contributed by atoms with van der Waals surface area (Å²) in [4.78, 5) is 42.8. The molecule has 2 aliphatic rings. The predicted octanol–water partition coefficient (Wildman–Crippen LogP) is 4.86. The third-order valence-electron chi connectivity index (χ3n) is 6.73. The van der Waals surface area contributed by atoms with Gasteiger partial charge in [-0.25, -0.2) is 4.98 Å². The van der Waals surface area contributed by atoms with Crippen LogP contribution in [0.3, 0.4) is 0 Å². The molecule has 2 aliphatic carbocycles. The number of esters is 1. The van der Waals surface area contributed by atoms with E-state index in [4.69, 9.17) is 9.72 Å². The van der Waals surface area contributed by atoms with Gasteiger partial charge in [0.05, 0.1) is 20.6 Å². The summed E-state index contributed by atoms with van der Waals surface area (Å²) in [5.41, 5.74) is 1.28. The van der Waals surface area contributed by atoms with Gasteiger partial charge in [0, 0.05) is 23.7 Å². The lowest BCUT2D eigenvalue weighted by atomic mass is 9.72. The van der Waals surface area contributed by atoms with E-state index in [1.165, 1.54) is 0 Å². The number of carbonyl (C=O) groups excluding carboxylic acids is 3. The third-order valence-corrected chi connectivity index (χ3v) is 7.76. The van der Waals surface area contributed by atoms with Gasteiger partial charge in [-0.05, 0) is 56.0 Å². The lowest BCUT2D eigenvalue weighted by Crippen LogP contribution is -2.38. The molecule has 0 unspecified atom stereocenters. The normalized spacial score (nSPS) is 17.0. The SMILES string of the molecule is O=C(COC(=O)C1(Cc2nc3ccccc3s2)CCCCC1)Nc1cccc(C(=O)NC2CC2)c1. The number of fused-ring (bicyclic) bond motifs is 1. The Labute approximate surface area is 208 Å². The first-order chi connectivity index (χ1) is 17.0. The van der Waals surface area contributed by atoms with Gasteiger partial charge in [0.25, 0.3) is 11.8 Å². The first-order valence-electron chi connectivity index (χ1n) is 12.2. The number of amides is 2.